The van der Waals surface area contributed by atoms with Crippen molar-refractivity contribution in [2.45, 2.75) is 64.3 Å². The molecule has 0 aromatic carbocycles. The van der Waals surface area contributed by atoms with Gasteiger partial charge in [0.15, 0.2) is 0 Å². The Morgan fingerprint density at radius 2 is 1.83 bits per heavy atom. The van der Waals surface area contributed by atoms with Gasteiger partial charge in [0.05, 0.1) is 6.04 Å². The number of carbonyl (C=O) groups is 3. The van der Waals surface area contributed by atoms with Gasteiger partial charge in [-0.3, -0.25) is 19.9 Å². The van der Waals surface area contributed by atoms with Crippen LogP contribution in [0.1, 0.15) is 41.0 Å². The minimum absolute atomic E-state index is 0. The van der Waals surface area contributed by atoms with Gasteiger partial charge in [0.25, 0.3) is 11.8 Å². The Kier molecular flexibility index (Phi) is 5.64. The second-order valence-corrected chi connectivity index (χ2v) is 6.77. The van der Waals surface area contributed by atoms with Crippen LogP contribution >= 0.6 is 0 Å². The van der Waals surface area contributed by atoms with Crippen LogP contribution in [0.4, 0.5) is 4.79 Å². The third-order valence-electron chi connectivity index (χ3n) is 3.67. The largest absolute Gasteiger partial charge is 3.00 e. The maximum Gasteiger partial charge on any atom is 3.00 e. The average molecular weight is 399 g/mol. The van der Waals surface area contributed by atoms with Crippen molar-refractivity contribution >= 4 is 24.2 Å². The van der Waals surface area contributed by atoms with Gasteiger partial charge in [-0.2, -0.15) is 0 Å². The maximum absolute atomic E-state index is 12.6. The third kappa shape index (κ3) is 3.43. The summed E-state index contributed by atoms with van der Waals surface area (Å²) in [5, 5.41) is 4.63. The number of nitrogens with zero attached hydrogens (tertiary/aromatic N) is 2. The number of carbonyl (C=O) groups excluding carboxylic acids is 4. The van der Waals surface area contributed by atoms with E-state index in [9.17, 15) is 19.2 Å². The molecule has 2 aliphatic rings. The van der Waals surface area contributed by atoms with Gasteiger partial charge >= 0.3 is 38.8 Å². The first-order valence-electron chi connectivity index (χ1n) is 7.07. The Morgan fingerprint density at radius 1 is 1.30 bits per heavy atom. The molecule has 2 heterocycles. The van der Waals surface area contributed by atoms with Gasteiger partial charge in [-0.15, -0.1) is 0 Å². The van der Waals surface area contributed by atoms with Crippen LogP contribution in [0.5, 0.6) is 0 Å². The molecule has 3 atom stereocenters. The van der Waals surface area contributed by atoms with Crippen molar-refractivity contribution in [1.29, 1.82) is 0 Å². The van der Waals surface area contributed by atoms with Gasteiger partial charge in [0.1, 0.15) is 5.60 Å². The summed E-state index contributed by atoms with van der Waals surface area (Å²) in [6.45, 7) is 8.07. The van der Waals surface area contributed by atoms with Crippen molar-refractivity contribution in [2.75, 3.05) is 0 Å². The molecule has 0 saturated carbocycles. The predicted molar refractivity (Wildman–Crippen MR) is 75.0 cm³/mol. The minimum atomic E-state index is -1.77. The number of rotatable bonds is 2. The van der Waals surface area contributed by atoms with Crippen LogP contribution in [0.2, 0.25) is 0 Å². The maximum atomic E-state index is 12.6. The molecule has 2 aliphatic heterocycles. The molecule has 122 valence electrons. The molecule has 9 heteroatoms. The zero-order chi connectivity index (χ0) is 16.9. The molecule has 2 rings (SSSR count). The van der Waals surface area contributed by atoms with E-state index in [0.29, 0.717) is 6.42 Å². The van der Waals surface area contributed by atoms with Gasteiger partial charge in [-0.05, 0) is 47.1 Å². The Morgan fingerprint density at radius 3 is 2.30 bits per heavy atom. The van der Waals surface area contributed by atoms with E-state index in [2.05, 4.69) is 5.32 Å². The summed E-state index contributed by atoms with van der Waals surface area (Å²) in [4.78, 5) is 48.0. The van der Waals surface area contributed by atoms with Gasteiger partial charge in [-0.1, -0.05) is 0 Å². The van der Waals surface area contributed by atoms with Crippen LogP contribution in [0.15, 0.2) is 0 Å². The molecule has 0 spiro atoms. The molecule has 2 saturated heterocycles. The molecule has 0 radical (unpaired) electrons. The Labute approximate surface area is 160 Å². The standard InChI is InChI=1S/C14H20N3O5.Y/c1-8-6-9(7-18)17-11(20)14(5,10(19)16(8)17)15-12(21)22-13(2,3)4;/h8-9H,6H2,1-5H3,(H,15,21);/q-1;+3. The number of ether oxygens (including phenoxy) is 1. The number of amides is 3. The normalized spacial score (nSPS) is 30.0. The van der Waals surface area contributed by atoms with E-state index in [1.807, 2.05) is 0 Å². The zero-order valence-corrected chi connectivity index (χ0v) is 16.7. The molecule has 3 amide bonds. The smallest absolute Gasteiger partial charge is 0.540 e. The molecule has 23 heavy (non-hydrogen) atoms. The van der Waals surface area contributed by atoms with E-state index in [-0.39, 0.29) is 38.8 Å². The first-order chi connectivity index (χ1) is 10.0. The van der Waals surface area contributed by atoms with Crippen LogP contribution in [0.3, 0.4) is 0 Å². The van der Waals surface area contributed by atoms with E-state index in [1.165, 1.54) is 11.9 Å². The van der Waals surface area contributed by atoms with Crippen molar-refractivity contribution in [2.24, 2.45) is 0 Å². The van der Waals surface area contributed by atoms with E-state index in [0.717, 1.165) is 5.01 Å². The summed E-state index contributed by atoms with van der Waals surface area (Å²) in [7, 11) is 0. The summed E-state index contributed by atoms with van der Waals surface area (Å²) in [6.07, 6.45) is 1.24. The van der Waals surface area contributed by atoms with E-state index in [1.54, 1.807) is 34.0 Å². The van der Waals surface area contributed by atoms with Crippen LogP contribution < -0.4 is 5.32 Å². The topological polar surface area (TPSA) is 96.0 Å². The monoisotopic (exact) mass is 399 g/mol. The molecule has 0 aliphatic carbocycles. The van der Waals surface area contributed by atoms with Crippen LogP contribution in [-0.4, -0.2) is 57.4 Å². The van der Waals surface area contributed by atoms with Crippen molar-refractivity contribution in [3.8, 4) is 0 Å². The number of hydrazine groups is 1. The summed E-state index contributed by atoms with van der Waals surface area (Å²) >= 11 is 0. The SMILES string of the molecule is CC1CC([C-]=O)N2C(=O)C(C)(NC(=O)OC(C)(C)C)C(=O)N12.[Y+3]. The van der Waals surface area contributed by atoms with Gasteiger partial charge in [0, 0.05) is 0 Å². The van der Waals surface area contributed by atoms with Crippen molar-refractivity contribution in [1.82, 2.24) is 15.3 Å². The summed E-state index contributed by atoms with van der Waals surface area (Å²) < 4.78 is 5.09. The summed E-state index contributed by atoms with van der Waals surface area (Å²) in [6, 6.07) is -1.13. The number of hydrogen-bond acceptors (Lipinski definition) is 5. The quantitative estimate of drug-likeness (QED) is 0.526. The molecule has 0 bridgehead atoms. The fourth-order valence-corrected chi connectivity index (χ4v) is 2.69. The van der Waals surface area contributed by atoms with Crippen molar-refractivity contribution < 1.29 is 56.6 Å². The van der Waals surface area contributed by atoms with Crippen LogP contribution in [-0.2, 0) is 51.8 Å². The molecule has 2 fully saturated rings. The van der Waals surface area contributed by atoms with Crippen LogP contribution in [0, 0.1) is 0 Å². The molecule has 8 nitrogen and oxygen atoms in total. The molecular weight excluding hydrogens is 379 g/mol. The summed E-state index contributed by atoms with van der Waals surface area (Å²) in [5.74, 6) is -1.23. The number of fused-ring (bicyclic) bond motifs is 1. The Balaban J connectivity index is 0.00000264. The van der Waals surface area contributed by atoms with Gasteiger partial charge < -0.3 is 9.53 Å². The van der Waals surface area contributed by atoms with Crippen LogP contribution in [0.25, 0.3) is 0 Å². The molecule has 0 aromatic rings. The first kappa shape index (κ1) is 20.0. The first-order valence-corrected chi connectivity index (χ1v) is 7.07. The fraction of sp³-hybridized carbons (Fsp3) is 0.714. The Hall–Kier alpha value is -1.02. The minimum Gasteiger partial charge on any atom is -0.540 e. The van der Waals surface area contributed by atoms with Gasteiger partial charge in [0.2, 0.25) is 5.54 Å². The predicted octanol–water partition coefficient (Wildman–Crippen LogP) is 0.124. The van der Waals surface area contributed by atoms with Crippen molar-refractivity contribution in [3.05, 3.63) is 0 Å². The zero-order valence-electron chi connectivity index (χ0n) is 13.9. The van der Waals surface area contributed by atoms with E-state index in [4.69, 9.17) is 4.74 Å². The molecule has 0 aromatic heterocycles. The molecule has 1 N–H and O–H groups in total. The molecular formula is C14H20N3O5Y+2. The average Bonchev–Trinajstić information content (AvgIpc) is 2.78. The number of alkyl carbamates (subject to hydrolysis) is 1. The van der Waals surface area contributed by atoms with E-state index >= 15 is 0 Å². The van der Waals surface area contributed by atoms with Gasteiger partial charge in [-0.25, -0.2) is 16.1 Å². The summed E-state index contributed by atoms with van der Waals surface area (Å²) in [5.41, 5.74) is -2.53. The van der Waals surface area contributed by atoms with E-state index < -0.39 is 35.1 Å². The number of nitrogens with one attached hydrogen (secondary N) is 1. The van der Waals surface area contributed by atoms with Crippen molar-refractivity contribution in [3.63, 3.8) is 0 Å². The second-order valence-electron chi connectivity index (χ2n) is 6.77. The second kappa shape index (κ2) is 6.47. The fourth-order valence-electron chi connectivity index (χ4n) is 2.69. The number of hydrogen-bond donors (Lipinski definition) is 1. The third-order valence-corrected chi connectivity index (χ3v) is 3.67. The molecule has 3 unspecified atom stereocenters. The Bertz CT molecular complexity index is 547.